The molecule has 1 aromatic heterocycles. The molecule has 2 nitrogen and oxygen atoms in total. The summed E-state index contributed by atoms with van der Waals surface area (Å²) in [5.41, 5.74) is 2.40. The molecule has 20 heavy (non-hydrogen) atoms. The predicted octanol–water partition coefficient (Wildman–Crippen LogP) is 5.08. The van der Waals surface area contributed by atoms with Gasteiger partial charge < -0.3 is 9.73 Å². The van der Waals surface area contributed by atoms with Crippen LogP contribution in [0.2, 0.25) is 0 Å². The van der Waals surface area contributed by atoms with E-state index in [1.165, 1.54) is 17.4 Å². The number of nitrogens with one attached hydrogen (secondary N) is 1. The van der Waals surface area contributed by atoms with Crippen molar-refractivity contribution in [2.45, 2.75) is 53.0 Å². The minimum atomic E-state index is 0.303. The summed E-state index contributed by atoms with van der Waals surface area (Å²) in [6, 6.07) is 9.08. The van der Waals surface area contributed by atoms with Crippen LogP contribution in [-0.4, -0.2) is 6.54 Å². The lowest BCUT2D eigenvalue weighted by molar-refractivity contribution is 0.351. The highest BCUT2D eigenvalue weighted by molar-refractivity contribution is 5.78. The molecule has 0 bridgehead atoms. The fourth-order valence-corrected chi connectivity index (χ4v) is 2.68. The molecule has 2 rings (SSSR count). The van der Waals surface area contributed by atoms with Crippen LogP contribution in [0.3, 0.4) is 0 Å². The second-order valence-corrected chi connectivity index (χ2v) is 5.95. The average molecular weight is 273 g/mol. The molecule has 0 saturated heterocycles. The number of hydrogen-bond donors (Lipinski definition) is 1. The molecular formula is C18H27NO. The van der Waals surface area contributed by atoms with E-state index in [9.17, 15) is 0 Å². The summed E-state index contributed by atoms with van der Waals surface area (Å²) in [4.78, 5) is 0. The van der Waals surface area contributed by atoms with Crippen molar-refractivity contribution < 1.29 is 4.42 Å². The lowest BCUT2D eigenvalue weighted by Gasteiger charge is -2.19. The molecule has 1 N–H and O–H groups in total. The fraction of sp³-hybridized carbons (Fsp3) is 0.556. The molecule has 0 aliphatic heterocycles. The van der Waals surface area contributed by atoms with Gasteiger partial charge >= 0.3 is 0 Å². The summed E-state index contributed by atoms with van der Waals surface area (Å²) in [6.07, 6.45) is 3.46. The predicted molar refractivity (Wildman–Crippen MR) is 86.1 cm³/mol. The molecule has 0 fully saturated rings. The van der Waals surface area contributed by atoms with Gasteiger partial charge in [0.1, 0.15) is 11.3 Å². The minimum absolute atomic E-state index is 0.303. The SMILES string of the molecule is CCCNC(c1cc2cc(CCC)ccc2o1)C(C)C. The van der Waals surface area contributed by atoms with Crippen molar-refractivity contribution in [2.75, 3.05) is 6.54 Å². The molecule has 0 radical (unpaired) electrons. The minimum Gasteiger partial charge on any atom is -0.459 e. The molecule has 110 valence electrons. The molecular weight excluding hydrogens is 246 g/mol. The third kappa shape index (κ3) is 3.43. The van der Waals surface area contributed by atoms with Crippen LogP contribution in [0.5, 0.6) is 0 Å². The maximum absolute atomic E-state index is 6.06. The van der Waals surface area contributed by atoms with Gasteiger partial charge in [0, 0.05) is 5.39 Å². The van der Waals surface area contributed by atoms with Gasteiger partial charge in [-0.05, 0) is 49.1 Å². The topological polar surface area (TPSA) is 25.2 Å². The van der Waals surface area contributed by atoms with Crippen molar-refractivity contribution in [3.05, 3.63) is 35.6 Å². The average Bonchev–Trinajstić information content (AvgIpc) is 2.82. The highest BCUT2D eigenvalue weighted by Crippen LogP contribution is 2.29. The molecule has 0 aliphatic rings. The van der Waals surface area contributed by atoms with E-state index in [0.717, 1.165) is 30.7 Å². The zero-order chi connectivity index (χ0) is 14.5. The third-order valence-electron chi connectivity index (χ3n) is 3.73. The Balaban J connectivity index is 2.28. The van der Waals surface area contributed by atoms with Crippen molar-refractivity contribution in [1.29, 1.82) is 0 Å². The fourth-order valence-electron chi connectivity index (χ4n) is 2.68. The van der Waals surface area contributed by atoms with E-state index < -0.39 is 0 Å². The van der Waals surface area contributed by atoms with Crippen LogP contribution in [0.25, 0.3) is 11.0 Å². The highest BCUT2D eigenvalue weighted by Gasteiger charge is 2.19. The molecule has 0 saturated carbocycles. The number of benzene rings is 1. The van der Waals surface area contributed by atoms with Crippen molar-refractivity contribution >= 4 is 11.0 Å². The van der Waals surface area contributed by atoms with Gasteiger partial charge in [0.15, 0.2) is 0 Å². The molecule has 1 heterocycles. The second kappa shape index (κ2) is 6.94. The van der Waals surface area contributed by atoms with Crippen molar-refractivity contribution in [3.8, 4) is 0 Å². The molecule has 1 atom stereocenters. The third-order valence-corrected chi connectivity index (χ3v) is 3.73. The van der Waals surface area contributed by atoms with Crippen LogP contribution in [0.1, 0.15) is 57.9 Å². The normalized spacial score (nSPS) is 13.2. The molecule has 2 heteroatoms. The van der Waals surface area contributed by atoms with E-state index >= 15 is 0 Å². The Labute approximate surface area is 122 Å². The number of fused-ring (bicyclic) bond motifs is 1. The first-order valence-corrected chi connectivity index (χ1v) is 7.91. The first-order chi connectivity index (χ1) is 9.65. The Hall–Kier alpha value is -1.28. The van der Waals surface area contributed by atoms with E-state index in [0.29, 0.717) is 12.0 Å². The van der Waals surface area contributed by atoms with Gasteiger partial charge in [-0.25, -0.2) is 0 Å². The summed E-state index contributed by atoms with van der Waals surface area (Å²) in [6.45, 7) is 9.92. The second-order valence-electron chi connectivity index (χ2n) is 5.95. The summed E-state index contributed by atoms with van der Waals surface area (Å²) >= 11 is 0. The van der Waals surface area contributed by atoms with Crippen LogP contribution in [0, 0.1) is 5.92 Å². The standard InChI is InChI=1S/C18H27NO/c1-5-7-14-8-9-16-15(11-14)12-17(20-16)18(13(3)4)19-10-6-2/h8-9,11-13,18-19H,5-7,10H2,1-4H3. The Morgan fingerprint density at radius 2 is 1.90 bits per heavy atom. The van der Waals surface area contributed by atoms with Crippen LogP contribution in [0.15, 0.2) is 28.7 Å². The Morgan fingerprint density at radius 3 is 2.55 bits per heavy atom. The number of furan rings is 1. The van der Waals surface area contributed by atoms with E-state index in [1.807, 2.05) is 0 Å². The summed E-state index contributed by atoms with van der Waals surface area (Å²) in [5, 5.41) is 4.82. The molecule has 2 aromatic rings. The summed E-state index contributed by atoms with van der Waals surface area (Å²) in [7, 11) is 0. The van der Waals surface area contributed by atoms with Gasteiger partial charge in [0.05, 0.1) is 6.04 Å². The first-order valence-electron chi connectivity index (χ1n) is 7.91. The molecule has 0 spiro atoms. The Bertz CT molecular complexity index is 541. The molecule has 0 amide bonds. The number of rotatable bonds is 7. The molecule has 1 unspecified atom stereocenters. The quantitative estimate of drug-likeness (QED) is 0.760. The van der Waals surface area contributed by atoms with Crippen molar-refractivity contribution in [3.63, 3.8) is 0 Å². The molecule has 1 aromatic carbocycles. The largest absolute Gasteiger partial charge is 0.459 e. The van der Waals surface area contributed by atoms with Gasteiger partial charge in [0.25, 0.3) is 0 Å². The van der Waals surface area contributed by atoms with Crippen LogP contribution >= 0.6 is 0 Å². The van der Waals surface area contributed by atoms with E-state index in [4.69, 9.17) is 4.42 Å². The zero-order valence-corrected chi connectivity index (χ0v) is 13.2. The Morgan fingerprint density at radius 1 is 1.10 bits per heavy atom. The lowest BCUT2D eigenvalue weighted by Crippen LogP contribution is -2.25. The lowest BCUT2D eigenvalue weighted by atomic mass is 10.0. The monoisotopic (exact) mass is 273 g/mol. The highest BCUT2D eigenvalue weighted by atomic mass is 16.3. The maximum Gasteiger partial charge on any atom is 0.134 e. The van der Waals surface area contributed by atoms with Gasteiger partial charge in [-0.15, -0.1) is 0 Å². The maximum atomic E-state index is 6.06. The molecule has 0 aliphatic carbocycles. The Kier molecular flexibility index (Phi) is 5.24. The van der Waals surface area contributed by atoms with Crippen LogP contribution < -0.4 is 5.32 Å². The van der Waals surface area contributed by atoms with E-state index in [-0.39, 0.29) is 0 Å². The van der Waals surface area contributed by atoms with E-state index in [1.54, 1.807) is 0 Å². The summed E-state index contributed by atoms with van der Waals surface area (Å²) in [5.74, 6) is 1.59. The van der Waals surface area contributed by atoms with Crippen molar-refractivity contribution in [1.82, 2.24) is 5.32 Å². The van der Waals surface area contributed by atoms with Gasteiger partial charge in [0.2, 0.25) is 0 Å². The van der Waals surface area contributed by atoms with Gasteiger partial charge in [-0.2, -0.15) is 0 Å². The van der Waals surface area contributed by atoms with E-state index in [2.05, 4.69) is 57.3 Å². The first kappa shape index (κ1) is 15.1. The van der Waals surface area contributed by atoms with Crippen LogP contribution in [0.4, 0.5) is 0 Å². The summed E-state index contributed by atoms with van der Waals surface area (Å²) < 4.78 is 6.06. The van der Waals surface area contributed by atoms with Crippen molar-refractivity contribution in [2.24, 2.45) is 5.92 Å². The van der Waals surface area contributed by atoms with Gasteiger partial charge in [-0.1, -0.05) is 40.2 Å². The van der Waals surface area contributed by atoms with Crippen LogP contribution in [-0.2, 0) is 6.42 Å². The zero-order valence-electron chi connectivity index (χ0n) is 13.2. The van der Waals surface area contributed by atoms with Gasteiger partial charge in [-0.3, -0.25) is 0 Å². The smallest absolute Gasteiger partial charge is 0.134 e. The number of aryl methyl sites for hydroxylation is 1. The number of hydrogen-bond acceptors (Lipinski definition) is 2.